The molecule has 0 aliphatic heterocycles. The highest BCUT2D eigenvalue weighted by molar-refractivity contribution is 5.74. The molecule has 0 fully saturated rings. The highest BCUT2D eigenvalue weighted by Crippen LogP contribution is 2.24. The average molecular weight is 281 g/mol. The lowest BCUT2D eigenvalue weighted by molar-refractivity contribution is 0.151. The van der Waals surface area contributed by atoms with Crippen molar-refractivity contribution in [2.24, 2.45) is 0 Å². The largest absolute Gasteiger partial charge is 0.394 e. The quantitative estimate of drug-likeness (QED) is 0.753. The summed E-state index contributed by atoms with van der Waals surface area (Å²) < 4.78 is 2.08. The fourth-order valence-electron chi connectivity index (χ4n) is 2.72. The predicted octanol–water partition coefficient (Wildman–Crippen LogP) is 2.14. The van der Waals surface area contributed by atoms with Crippen molar-refractivity contribution in [2.75, 3.05) is 13.7 Å². The van der Waals surface area contributed by atoms with Gasteiger partial charge in [-0.05, 0) is 24.7 Å². The summed E-state index contributed by atoms with van der Waals surface area (Å²) in [6.07, 6.45) is 1.83. The maximum absolute atomic E-state index is 10.0. The Morgan fingerprint density at radius 2 is 1.81 bits per heavy atom. The van der Waals surface area contributed by atoms with Crippen molar-refractivity contribution >= 4 is 11.0 Å². The van der Waals surface area contributed by atoms with E-state index in [2.05, 4.69) is 14.9 Å². The van der Waals surface area contributed by atoms with Gasteiger partial charge in [0.2, 0.25) is 0 Å². The van der Waals surface area contributed by atoms with Crippen LogP contribution in [0.1, 0.15) is 5.56 Å². The van der Waals surface area contributed by atoms with E-state index in [4.69, 9.17) is 0 Å². The molecule has 2 aromatic carbocycles. The summed E-state index contributed by atoms with van der Waals surface area (Å²) in [5.41, 5.74) is 2.58. The van der Waals surface area contributed by atoms with Crippen molar-refractivity contribution in [2.45, 2.75) is 12.1 Å². The molecule has 4 nitrogen and oxygen atoms in total. The molecule has 21 heavy (non-hydrogen) atoms. The number of aliphatic hydroxyl groups excluding tert-OH is 1. The van der Waals surface area contributed by atoms with Crippen LogP contribution >= 0.6 is 0 Å². The number of benzene rings is 2. The summed E-state index contributed by atoms with van der Waals surface area (Å²) >= 11 is 0. The van der Waals surface area contributed by atoms with E-state index in [-0.39, 0.29) is 6.61 Å². The fourth-order valence-corrected chi connectivity index (χ4v) is 2.72. The van der Waals surface area contributed by atoms with Crippen molar-refractivity contribution in [3.63, 3.8) is 0 Å². The molecule has 0 radical (unpaired) electrons. The second kappa shape index (κ2) is 5.68. The van der Waals surface area contributed by atoms with E-state index in [1.54, 1.807) is 0 Å². The molecule has 108 valence electrons. The van der Waals surface area contributed by atoms with E-state index in [1.165, 1.54) is 0 Å². The van der Waals surface area contributed by atoms with Crippen LogP contribution < -0.4 is 5.32 Å². The number of para-hydroxylation sites is 2. The predicted molar refractivity (Wildman–Crippen MR) is 84.0 cm³/mol. The minimum Gasteiger partial charge on any atom is -0.394 e. The highest BCUT2D eigenvalue weighted by Gasteiger charge is 2.30. The number of hydrogen-bond donors (Lipinski definition) is 2. The molecule has 0 aliphatic rings. The van der Waals surface area contributed by atoms with E-state index in [9.17, 15) is 5.11 Å². The number of aromatic nitrogens is 2. The molecule has 0 saturated heterocycles. The van der Waals surface area contributed by atoms with Crippen LogP contribution in [0.3, 0.4) is 0 Å². The zero-order valence-electron chi connectivity index (χ0n) is 12.0. The first-order chi connectivity index (χ1) is 10.3. The topological polar surface area (TPSA) is 50.1 Å². The molecule has 1 unspecified atom stereocenters. The summed E-state index contributed by atoms with van der Waals surface area (Å²) in [7, 11) is 1.88. The van der Waals surface area contributed by atoms with E-state index in [1.807, 2.05) is 68.0 Å². The van der Waals surface area contributed by atoms with Crippen LogP contribution in [0.2, 0.25) is 0 Å². The standard InChI is InChI=1S/C17H19N3O/c1-18-17(12-21,14-7-3-2-4-8-14)11-20-13-19-15-9-5-6-10-16(15)20/h2-10,13,18,21H,11-12H2,1H3. The van der Waals surface area contributed by atoms with Crippen LogP contribution in [0.15, 0.2) is 60.9 Å². The van der Waals surface area contributed by atoms with Crippen LogP contribution in [0, 0.1) is 0 Å². The molecular weight excluding hydrogens is 262 g/mol. The van der Waals surface area contributed by atoms with E-state index in [0.717, 1.165) is 16.6 Å². The van der Waals surface area contributed by atoms with E-state index >= 15 is 0 Å². The van der Waals surface area contributed by atoms with Gasteiger partial charge in [-0.25, -0.2) is 4.98 Å². The Kier molecular flexibility index (Phi) is 3.73. The smallest absolute Gasteiger partial charge is 0.0959 e. The SMILES string of the molecule is CNC(CO)(Cn1cnc2ccccc21)c1ccccc1. The molecule has 0 bridgehead atoms. The van der Waals surface area contributed by atoms with Gasteiger partial charge in [0.25, 0.3) is 0 Å². The highest BCUT2D eigenvalue weighted by atomic mass is 16.3. The molecule has 2 N–H and O–H groups in total. The van der Waals surface area contributed by atoms with E-state index < -0.39 is 5.54 Å². The lowest BCUT2D eigenvalue weighted by Crippen LogP contribution is -2.47. The van der Waals surface area contributed by atoms with Crippen molar-refractivity contribution in [1.82, 2.24) is 14.9 Å². The van der Waals surface area contributed by atoms with E-state index in [0.29, 0.717) is 6.54 Å². The lowest BCUT2D eigenvalue weighted by Gasteiger charge is -2.32. The van der Waals surface area contributed by atoms with Crippen molar-refractivity contribution in [3.05, 3.63) is 66.5 Å². The van der Waals surface area contributed by atoms with Gasteiger partial charge in [0.05, 0.1) is 29.5 Å². The zero-order chi connectivity index (χ0) is 14.7. The van der Waals surface area contributed by atoms with Crippen LogP contribution in [0.5, 0.6) is 0 Å². The molecule has 1 aromatic heterocycles. The maximum atomic E-state index is 10.0. The van der Waals surface area contributed by atoms with Crippen LogP contribution in [0.25, 0.3) is 11.0 Å². The van der Waals surface area contributed by atoms with Gasteiger partial charge in [-0.2, -0.15) is 0 Å². The molecule has 4 heteroatoms. The Labute approximate surface area is 124 Å². The first kappa shape index (κ1) is 13.8. The average Bonchev–Trinajstić information content (AvgIpc) is 2.96. The number of nitrogens with one attached hydrogen (secondary N) is 1. The molecule has 0 saturated carbocycles. The molecular formula is C17H19N3O. The Morgan fingerprint density at radius 1 is 1.10 bits per heavy atom. The number of hydrogen-bond acceptors (Lipinski definition) is 3. The zero-order valence-corrected chi connectivity index (χ0v) is 12.0. The van der Waals surface area contributed by atoms with Gasteiger partial charge in [0.1, 0.15) is 0 Å². The second-order valence-corrected chi connectivity index (χ2v) is 5.22. The monoisotopic (exact) mass is 281 g/mol. The van der Waals surface area contributed by atoms with Gasteiger partial charge in [0, 0.05) is 6.54 Å². The number of nitrogens with zero attached hydrogens (tertiary/aromatic N) is 2. The number of aliphatic hydroxyl groups is 1. The molecule has 1 atom stereocenters. The number of fused-ring (bicyclic) bond motifs is 1. The summed E-state index contributed by atoms with van der Waals surface area (Å²) in [4.78, 5) is 4.42. The molecule has 0 spiro atoms. The van der Waals surface area contributed by atoms with Gasteiger partial charge >= 0.3 is 0 Å². The molecule has 1 heterocycles. The normalized spacial score (nSPS) is 14.2. The molecule has 0 amide bonds. The van der Waals surface area contributed by atoms with Gasteiger partial charge in [0.15, 0.2) is 0 Å². The van der Waals surface area contributed by atoms with Gasteiger partial charge in [-0.1, -0.05) is 42.5 Å². The summed E-state index contributed by atoms with van der Waals surface area (Å²) in [5, 5.41) is 13.3. The first-order valence-corrected chi connectivity index (χ1v) is 7.04. The van der Waals surface area contributed by atoms with Gasteiger partial charge in [-0.15, -0.1) is 0 Å². The molecule has 3 aromatic rings. The summed E-state index contributed by atoms with van der Waals surface area (Å²) in [6.45, 7) is 0.630. The minimum atomic E-state index is -0.523. The number of imidazole rings is 1. The minimum absolute atomic E-state index is 0.0139. The Morgan fingerprint density at radius 3 is 2.52 bits per heavy atom. The third-order valence-electron chi connectivity index (χ3n) is 4.04. The second-order valence-electron chi connectivity index (χ2n) is 5.22. The Balaban J connectivity index is 2.03. The summed E-state index contributed by atoms with van der Waals surface area (Å²) in [6, 6.07) is 18.1. The Hall–Kier alpha value is -2.17. The number of likely N-dealkylation sites (N-methyl/N-ethyl adjacent to an activating group) is 1. The van der Waals surface area contributed by atoms with Gasteiger partial charge in [-0.3, -0.25) is 0 Å². The van der Waals surface area contributed by atoms with Crippen molar-refractivity contribution < 1.29 is 5.11 Å². The first-order valence-electron chi connectivity index (χ1n) is 7.04. The number of rotatable bonds is 5. The van der Waals surface area contributed by atoms with Crippen molar-refractivity contribution in [1.29, 1.82) is 0 Å². The maximum Gasteiger partial charge on any atom is 0.0959 e. The van der Waals surface area contributed by atoms with Crippen molar-refractivity contribution in [3.8, 4) is 0 Å². The third-order valence-corrected chi connectivity index (χ3v) is 4.04. The van der Waals surface area contributed by atoms with Gasteiger partial charge < -0.3 is 15.0 Å². The fraction of sp³-hybridized carbons (Fsp3) is 0.235. The van der Waals surface area contributed by atoms with Crippen LogP contribution in [-0.2, 0) is 12.1 Å². The van der Waals surface area contributed by atoms with Crippen LogP contribution in [0.4, 0.5) is 0 Å². The molecule has 0 aliphatic carbocycles. The van der Waals surface area contributed by atoms with Crippen LogP contribution in [-0.4, -0.2) is 28.3 Å². The Bertz CT molecular complexity index is 717. The lowest BCUT2D eigenvalue weighted by atomic mass is 9.90. The molecule has 3 rings (SSSR count). The third kappa shape index (κ3) is 2.44. The summed E-state index contributed by atoms with van der Waals surface area (Å²) in [5.74, 6) is 0.